The molecule has 4 unspecified atom stereocenters. The molecule has 4 aromatic rings. The first-order chi connectivity index (χ1) is 18.3. The van der Waals surface area contributed by atoms with Gasteiger partial charge in [-0.1, -0.05) is 48.0 Å². The average Bonchev–Trinajstić information content (AvgIpc) is 3.56. The molecule has 1 amide bonds. The first-order valence-corrected chi connectivity index (χ1v) is 12.9. The van der Waals surface area contributed by atoms with E-state index >= 15 is 0 Å². The van der Waals surface area contributed by atoms with E-state index in [0.717, 1.165) is 11.0 Å². The molecule has 1 aliphatic rings. The number of hydrogen-bond donors (Lipinski definition) is 1. The fraction of sp³-hybridized carbons (Fsp3) is 0.138. The monoisotopic (exact) mass is 551 g/mol. The van der Waals surface area contributed by atoms with Gasteiger partial charge in [-0.25, -0.2) is 13.6 Å². The van der Waals surface area contributed by atoms with Crippen LogP contribution in [0.25, 0.3) is 0 Å². The Labute approximate surface area is 225 Å². The second kappa shape index (κ2) is 10.5. The summed E-state index contributed by atoms with van der Waals surface area (Å²) in [6.07, 6.45) is 0. The number of likely N-dealkylation sites (tertiary alicyclic amines) is 1. The standard InChI is InChI=1S/C29H20ClF2NO4S/c30-19-10-6-16(7-11-19)23-24(27(34)22-5-2-14-38-22)25(17-8-12-20(31)13-9-17)33(26(23)29(36)37)28(35)18-3-1-4-21(32)15-18/h1-15,23-26H,(H,36,37). The number of Topliss-reactive ketones (excluding diaryl/α,β-unsaturated/α-hetero) is 1. The highest BCUT2D eigenvalue weighted by Gasteiger charge is 2.57. The molecule has 0 spiro atoms. The van der Waals surface area contributed by atoms with Gasteiger partial charge in [-0.15, -0.1) is 11.3 Å². The highest BCUT2D eigenvalue weighted by molar-refractivity contribution is 7.12. The van der Waals surface area contributed by atoms with Crippen LogP contribution in [0.5, 0.6) is 0 Å². The highest BCUT2D eigenvalue weighted by atomic mass is 35.5. The van der Waals surface area contributed by atoms with Gasteiger partial charge >= 0.3 is 5.97 Å². The molecule has 3 aromatic carbocycles. The number of carboxylic acid groups (broad SMARTS) is 1. The van der Waals surface area contributed by atoms with Crippen molar-refractivity contribution in [3.05, 3.63) is 129 Å². The summed E-state index contributed by atoms with van der Waals surface area (Å²) >= 11 is 7.30. The molecule has 0 aliphatic carbocycles. The Morgan fingerprint density at radius 1 is 0.842 bits per heavy atom. The lowest BCUT2D eigenvalue weighted by atomic mass is 9.77. The Morgan fingerprint density at radius 3 is 2.13 bits per heavy atom. The van der Waals surface area contributed by atoms with Crippen LogP contribution in [-0.4, -0.2) is 33.7 Å². The van der Waals surface area contributed by atoms with Gasteiger partial charge in [0.2, 0.25) is 0 Å². The molecule has 192 valence electrons. The number of carbonyl (C=O) groups is 3. The summed E-state index contributed by atoms with van der Waals surface area (Å²) in [5.41, 5.74) is 0.814. The molecule has 38 heavy (non-hydrogen) atoms. The average molecular weight is 552 g/mol. The maximum atomic E-state index is 14.1. The maximum absolute atomic E-state index is 14.1. The molecule has 0 radical (unpaired) electrons. The maximum Gasteiger partial charge on any atom is 0.327 e. The van der Waals surface area contributed by atoms with Crippen LogP contribution in [-0.2, 0) is 4.79 Å². The van der Waals surface area contributed by atoms with Crippen LogP contribution in [0.1, 0.15) is 43.1 Å². The number of ketones is 1. The number of halogens is 3. The van der Waals surface area contributed by atoms with E-state index in [1.165, 1.54) is 53.8 Å². The number of thiophene rings is 1. The number of nitrogens with zero attached hydrogens (tertiary/aromatic N) is 1. The molecule has 0 saturated carbocycles. The topological polar surface area (TPSA) is 74.7 Å². The minimum atomic E-state index is -1.49. The van der Waals surface area contributed by atoms with E-state index in [4.69, 9.17) is 11.6 Å². The second-order valence-electron chi connectivity index (χ2n) is 8.95. The quantitative estimate of drug-likeness (QED) is 0.274. The van der Waals surface area contributed by atoms with Crippen molar-refractivity contribution in [2.45, 2.75) is 18.0 Å². The van der Waals surface area contributed by atoms with Crippen molar-refractivity contribution in [1.29, 1.82) is 0 Å². The zero-order valence-electron chi connectivity index (χ0n) is 19.6. The predicted molar refractivity (Wildman–Crippen MR) is 139 cm³/mol. The Balaban J connectivity index is 1.77. The fourth-order valence-electron chi connectivity index (χ4n) is 5.20. The molecule has 0 bridgehead atoms. The minimum Gasteiger partial charge on any atom is -0.480 e. The van der Waals surface area contributed by atoms with E-state index in [2.05, 4.69) is 0 Å². The smallest absolute Gasteiger partial charge is 0.327 e. The van der Waals surface area contributed by atoms with E-state index < -0.39 is 47.4 Å². The SMILES string of the molecule is O=C(c1cccs1)C1C(c2ccc(Cl)cc2)C(C(=O)O)N(C(=O)c2cccc(F)c2)C1c1ccc(F)cc1. The number of benzene rings is 3. The van der Waals surface area contributed by atoms with Crippen molar-refractivity contribution >= 4 is 40.6 Å². The largest absolute Gasteiger partial charge is 0.480 e. The summed E-state index contributed by atoms with van der Waals surface area (Å²) in [5.74, 6) is -5.66. The van der Waals surface area contributed by atoms with Crippen LogP contribution in [0, 0.1) is 17.6 Å². The Hall–Kier alpha value is -3.88. The van der Waals surface area contributed by atoms with Crippen molar-refractivity contribution in [3.63, 3.8) is 0 Å². The van der Waals surface area contributed by atoms with Gasteiger partial charge in [0, 0.05) is 16.5 Å². The van der Waals surface area contributed by atoms with Crippen LogP contribution >= 0.6 is 22.9 Å². The Bertz CT molecular complexity index is 1490. The third-order valence-electron chi connectivity index (χ3n) is 6.76. The number of carboxylic acids is 1. The van der Waals surface area contributed by atoms with Gasteiger partial charge < -0.3 is 10.0 Å². The van der Waals surface area contributed by atoms with E-state index in [1.54, 1.807) is 41.8 Å². The summed E-state index contributed by atoms with van der Waals surface area (Å²) in [7, 11) is 0. The first kappa shape index (κ1) is 25.8. The molecule has 1 aliphatic heterocycles. The predicted octanol–water partition coefficient (Wildman–Crippen LogP) is 6.61. The van der Waals surface area contributed by atoms with Crippen molar-refractivity contribution in [1.82, 2.24) is 4.90 Å². The molecule has 5 rings (SSSR count). The third-order valence-corrected chi connectivity index (χ3v) is 7.90. The Kier molecular flexibility index (Phi) is 7.10. The second-order valence-corrected chi connectivity index (χ2v) is 10.3. The van der Waals surface area contributed by atoms with Crippen LogP contribution in [0.2, 0.25) is 5.02 Å². The van der Waals surface area contributed by atoms with Crippen molar-refractivity contribution in [2.24, 2.45) is 5.92 Å². The minimum absolute atomic E-state index is 0.0672. The molecule has 2 heterocycles. The van der Waals surface area contributed by atoms with Crippen molar-refractivity contribution in [3.8, 4) is 0 Å². The van der Waals surface area contributed by atoms with E-state index in [9.17, 15) is 28.3 Å². The highest BCUT2D eigenvalue weighted by Crippen LogP contribution is 2.52. The van der Waals surface area contributed by atoms with E-state index in [1.807, 2.05) is 0 Å². The number of rotatable bonds is 6. The van der Waals surface area contributed by atoms with Crippen LogP contribution in [0.4, 0.5) is 8.78 Å². The summed E-state index contributed by atoms with van der Waals surface area (Å²) < 4.78 is 28.0. The summed E-state index contributed by atoms with van der Waals surface area (Å²) in [5, 5.41) is 12.6. The third kappa shape index (κ3) is 4.73. The normalized spacial score (nSPS) is 20.9. The number of aliphatic carboxylic acids is 1. The molecule has 1 N–H and O–H groups in total. The van der Waals surface area contributed by atoms with Crippen molar-refractivity contribution < 1.29 is 28.3 Å². The van der Waals surface area contributed by atoms with Crippen LogP contribution in [0.15, 0.2) is 90.3 Å². The number of hydrogen-bond acceptors (Lipinski definition) is 4. The van der Waals surface area contributed by atoms with Crippen LogP contribution < -0.4 is 0 Å². The molecule has 1 fully saturated rings. The lowest BCUT2D eigenvalue weighted by Gasteiger charge is -2.30. The number of carbonyl (C=O) groups excluding carboxylic acids is 2. The summed E-state index contributed by atoms with van der Waals surface area (Å²) in [6, 6.07) is 17.4. The summed E-state index contributed by atoms with van der Waals surface area (Å²) in [4.78, 5) is 42.4. The zero-order valence-corrected chi connectivity index (χ0v) is 21.2. The van der Waals surface area contributed by atoms with E-state index in [-0.39, 0.29) is 11.3 Å². The molecular weight excluding hydrogens is 532 g/mol. The molecular formula is C29H20ClF2NO4S. The van der Waals surface area contributed by atoms with Gasteiger partial charge in [0.25, 0.3) is 5.91 Å². The molecule has 1 aromatic heterocycles. The molecule has 5 nitrogen and oxygen atoms in total. The van der Waals surface area contributed by atoms with Gasteiger partial charge in [0.15, 0.2) is 5.78 Å². The Morgan fingerprint density at radius 2 is 1.53 bits per heavy atom. The van der Waals surface area contributed by atoms with E-state index in [0.29, 0.717) is 21.0 Å². The van der Waals surface area contributed by atoms with Gasteiger partial charge in [0.05, 0.1) is 16.8 Å². The van der Waals surface area contributed by atoms with Crippen molar-refractivity contribution in [2.75, 3.05) is 0 Å². The lowest BCUT2D eigenvalue weighted by Crippen LogP contribution is -2.43. The lowest BCUT2D eigenvalue weighted by molar-refractivity contribution is -0.142. The fourth-order valence-corrected chi connectivity index (χ4v) is 6.04. The van der Waals surface area contributed by atoms with Gasteiger partial charge in [0.1, 0.15) is 17.7 Å². The van der Waals surface area contributed by atoms with Gasteiger partial charge in [-0.2, -0.15) is 0 Å². The van der Waals surface area contributed by atoms with Crippen LogP contribution in [0.3, 0.4) is 0 Å². The zero-order chi connectivity index (χ0) is 27.0. The van der Waals surface area contributed by atoms with Gasteiger partial charge in [-0.3, -0.25) is 9.59 Å². The van der Waals surface area contributed by atoms with Gasteiger partial charge in [-0.05, 0) is 65.0 Å². The molecule has 9 heteroatoms. The first-order valence-electron chi connectivity index (χ1n) is 11.7. The molecule has 4 atom stereocenters. The number of amides is 1. The summed E-state index contributed by atoms with van der Waals surface area (Å²) in [6.45, 7) is 0. The molecule has 1 saturated heterocycles.